The van der Waals surface area contributed by atoms with Gasteiger partial charge in [0.15, 0.2) is 0 Å². The fourth-order valence-corrected chi connectivity index (χ4v) is 2.15. The molecule has 1 amide bonds. The van der Waals surface area contributed by atoms with Crippen molar-refractivity contribution in [3.8, 4) is 0 Å². The van der Waals surface area contributed by atoms with E-state index >= 15 is 0 Å². The number of anilines is 1. The molecule has 0 aliphatic carbocycles. The van der Waals surface area contributed by atoms with E-state index in [0.29, 0.717) is 5.88 Å². The zero-order valence-corrected chi connectivity index (χ0v) is 11.6. The molecule has 0 saturated heterocycles. The SMILES string of the molecule is CCc1ccccc1C(=O)Nc1cccc(CCl)c1. The molecule has 1 N–H and O–H groups in total. The highest BCUT2D eigenvalue weighted by molar-refractivity contribution is 6.17. The van der Waals surface area contributed by atoms with Crippen molar-refractivity contribution in [3.63, 3.8) is 0 Å². The van der Waals surface area contributed by atoms with Gasteiger partial charge in [-0.05, 0) is 35.7 Å². The summed E-state index contributed by atoms with van der Waals surface area (Å²) >= 11 is 5.79. The topological polar surface area (TPSA) is 29.1 Å². The summed E-state index contributed by atoms with van der Waals surface area (Å²) in [6, 6.07) is 15.2. The van der Waals surface area contributed by atoms with Gasteiger partial charge in [-0.25, -0.2) is 0 Å². The number of carbonyl (C=O) groups is 1. The smallest absolute Gasteiger partial charge is 0.255 e. The van der Waals surface area contributed by atoms with Crippen LogP contribution in [-0.4, -0.2) is 5.91 Å². The molecule has 0 aromatic heterocycles. The summed E-state index contributed by atoms with van der Waals surface area (Å²) in [7, 11) is 0. The maximum atomic E-state index is 12.2. The zero-order chi connectivity index (χ0) is 13.7. The third-order valence-electron chi connectivity index (χ3n) is 2.98. The standard InChI is InChI=1S/C16H16ClNO/c1-2-13-7-3-4-9-15(13)16(19)18-14-8-5-6-12(10-14)11-17/h3-10H,2,11H2,1H3,(H,18,19). The summed E-state index contributed by atoms with van der Waals surface area (Å²) in [5.74, 6) is 0.360. The van der Waals surface area contributed by atoms with E-state index in [-0.39, 0.29) is 5.91 Å². The number of hydrogen-bond acceptors (Lipinski definition) is 1. The summed E-state index contributed by atoms with van der Waals surface area (Å²) in [6.07, 6.45) is 0.839. The van der Waals surface area contributed by atoms with E-state index in [1.165, 1.54) is 0 Å². The van der Waals surface area contributed by atoms with Gasteiger partial charge >= 0.3 is 0 Å². The first kappa shape index (κ1) is 13.6. The molecule has 0 atom stereocenters. The monoisotopic (exact) mass is 273 g/mol. The average molecular weight is 274 g/mol. The van der Waals surface area contributed by atoms with Crippen molar-refractivity contribution in [1.29, 1.82) is 0 Å². The number of amides is 1. The van der Waals surface area contributed by atoms with Gasteiger partial charge in [0, 0.05) is 17.1 Å². The van der Waals surface area contributed by atoms with Gasteiger partial charge in [0.25, 0.3) is 5.91 Å². The Labute approximate surface area is 118 Å². The van der Waals surface area contributed by atoms with E-state index in [4.69, 9.17) is 11.6 Å². The predicted molar refractivity (Wildman–Crippen MR) is 79.8 cm³/mol. The Bertz CT molecular complexity index is 580. The fraction of sp³-hybridized carbons (Fsp3) is 0.188. The van der Waals surface area contributed by atoms with Crippen LogP contribution in [0, 0.1) is 0 Å². The van der Waals surface area contributed by atoms with Crippen molar-refractivity contribution >= 4 is 23.2 Å². The van der Waals surface area contributed by atoms with Crippen molar-refractivity contribution in [2.24, 2.45) is 0 Å². The van der Waals surface area contributed by atoms with Crippen LogP contribution in [0.4, 0.5) is 5.69 Å². The minimum Gasteiger partial charge on any atom is -0.322 e. The first-order valence-corrected chi connectivity index (χ1v) is 6.82. The molecule has 98 valence electrons. The number of halogens is 1. The quantitative estimate of drug-likeness (QED) is 0.830. The molecule has 0 fully saturated rings. The molecule has 0 radical (unpaired) electrons. The van der Waals surface area contributed by atoms with Crippen molar-refractivity contribution in [3.05, 3.63) is 65.2 Å². The molecular weight excluding hydrogens is 258 g/mol. The van der Waals surface area contributed by atoms with Crippen molar-refractivity contribution in [2.75, 3.05) is 5.32 Å². The van der Waals surface area contributed by atoms with Gasteiger partial charge in [-0.2, -0.15) is 0 Å². The minimum atomic E-state index is -0.0795. The molecule has 0 bridgehead atoms. The number of carbonyl (C=O) groups excluding carboxylic acids is 1. The Morgan fingerprint density at radius 3 is 2.68 bits per heavy atom. The second-order valence-corrected chi connectivity index (χ2v) is 4.57. The van der Waals surface area contributed by atoms with Crippen molar-refractivity contribution < 1.29 is 4.79 Å². The average Bonchev–Trinajstić information content (AvgIpc) is 2.47. The van der Waals surface area contributed by atoms with E-state index in [1.54, 1.807) is 0 Å². The summed E-state index contributed by atoms with van der Waals surface area (Å²) in [5.41, 5.74) is 3.53. The molecule has 2 nitrogen and oxygen atoms in total. The lowest BCUT2D eigenvalue weighted by atomic mass is 10.0. The third-order valence-corrected chi connectivity index (χ3v) is 3.29. The number of nitrogens with one attached hydrogen (secondary N) is 1. The lowest BCUT2D eigenvalue weighted by Gasteiger charge is -2.09. The van der Waals surface area contributed by atoms with Gasteiger partial charge in [0.05, 0.1) is 0 Å². The van der Waals surface area contributed by atoms with Crippen LogP contribution in [0.3, 0.4) is 0 Å². The molecule has 2 aromatic carbocycles. The Morgan fingerprint density at radius 1 is 1.16 bits per heavy atom. The zero-order valence-electron chi connectivity index (χ0n) is 10.8. The van der Waals surface area contributed by atoms with Gasteiger partial charge in [-0.15, -0.1) is 11.6 Å². The maximum absolute atomic E-state index is 12.2. The van der Waals surface area contributed by atoms with Crippen LogP contribution in [0.15, 0.2) is 48.5 Å². The third kappa shape index (κ3) is 3.36. The first-order chi connectivity index (χ1) is 9.24. The number of aryl methyl sites for hydroxylation is 1. The molecular formula is C16H16ClNO. The second-order valence-electron chi connectivity index (χ2n) is 4.30. The van der Waals surface area contributed by atoms with E-state index in [9.17, 15) is 4.79 Å². The van der Waals surface area contributed by atoms with Crippen LogP contribution in [0.1, 0.15) is 28.4 Å². The number of hydrogen-bond donors (Lipinski definition) is 1. The maximum Gasteiger partial charge on any atom is 0.255 e. The first-order valence-electron chi connectivity index (χ1n) is 6.28. The lowest BCUT2D eigenvalue weighted by Crippen LogP contribution is -2.14. The lowest BCUT2D eigenvalue weighted by molar-refractivity contribution is 0.102. The predicted octanol–water partition coefficient (Wildman–Crippen LogP) is 4.24. The number of alkyl halides is 1. The van der Waals surface area contributed by atoms with E-state index in [2.05, 4.69) is 5.32 Å². The van der Waals surface area contributed by atoms with Crippen LogP contribution >= 0.6 is 11.6 Å². The Hall–Kier alpha value is -1.80. The van der Waals surface area contributed by atoms with Crippen LogP contribution < -0.4 is 5.32 Å². The van der Waals surface area contributed by atoms with Gasteiger partial charge in [-0.3, -0.25) is 4.79 Å². The largest absolute Gasteiger partial charge is 0.322 e. The van der Waals surface area contributed by atoms with E-state index in [1.807, 2.05) is 55.5 Å². The highest BCUT2D eigenvalue weighted by Crippen LogP contribution is 2.15. The van der Waals surface area contributed by atoms with Crippen LogP contribution in [0.2, 0.25) is 0 Å². The van der Waals surface area contributed by atoms with Crippen LogP contribution in [0.25, 0.3) is 0 Å². The molecule has 0 saturated carbocycles. The van der Waals surface area contributed by atoms with Gasteiger partial charge in [0.1, 0.15) is 0 Å². The summed E-state index contributed by atoms with van der Waals surface area (Å²) in [6.45, 7) is 2.04. The van der Waals surface area contributed by atoms with Crippen molar-refractivity contribution in [1.82, 2.24) is 0 Å². The van der Waals surface area contributed by atoms with Gasteiger partial charge < -0.3 is 5.32 Å². The molecule has 2 rings (SSSR count). The van der Waals surface area contributed by atoms with E-state index < -0.39 is 0 Å². The fourth-order valence-electron chi connectivity index (χ4n) is 1.98. The van der Waals surface area contributed by atoms with E-state index in [0.717, 1.165) is 28.8 Å². The molecule has 3 heteroatoms. The Morgan fingerprint density at radius 2 is 1.95 bits per heavy atom. The molecule has 0 unspecified atom stereocenters. The van der Waals surface area contributed by atoms with Gasteiger partial charge in [0.2, 0.25) is 0 Å². The summed E-state index contributed by atoms with van der Waals surface area (Å²) in [5, 5.41) is 2.91. The number of rotatable bonds is 4. The Kier molecular flexibility index (Phi) is 4.58. The molecule has 0 spiro atoms. The van der Waals surface area contributed by atoms with Gasteiger partial charge in [-0.1, -0.05) is 37.3 Å². The minimum absolute atomic E-state index is 0.0795. The summed E-state index contributed by atoms with van der Waals surface area (Å²) in [4.78, 5) is 12.2. The molecule has 0 aliphatic heterocycles. The highest BCUT2D eigenvalue weighted by atomic mass is 35.5. The molecule has 2 aromatic rings. The van der Waals surface area contributed by atoms with Crippen molar-refractivity contribution in [2.45, 2.75) is 19.2 Å². The normalized spacial score (nSPS) is 10.2. The second kappa shape index (κ2) is 6.39. The van der Waals surface area contributed by atoms with Crippen LogP contribution in [0.5, 0.6) is 0 Å². The van der Waals surface area contributed by atoms with Crippen LogP contribution in [-0.2, 0) is 12.3 Å². The Balaban J connectivity index is 2.20. The summed E-state index contributed by atoms with van der Waals surface area (Å²) < 4.78 is 0. The molecule has 0 aliphatic rings. The molecule has 19 heavy (non-hydrogen) atoms. The highest BCUT2D eigenvalue weighted by Gasteiger charge is 2.09. The molecule has 0 heterocycles. The number of benzene rings is 2.